The molecule has 1 saturated heterocycles. The van der Waals surface area contributed by atoms with Crippen LogP contribution in [-0.2, 0) is 10.0 Å². The molecular formula is C23H32Cl2F3N3O3S. The van der Waals surface area contributed by atoms with Gasteiger partial charge in [0.15, 0.2) is 0 Å². The molecule has 3 rings (SSSR count). The van der Waals surface area contributed by atoms with Crippen molar-refractivity contribution < 1.29 is 26.4 Å². The number of sulfonamides is 1. The summed E-state index contributed by atoms with van der Waals surface area (Å²) in [7, 11) is -3.37. The predicted octanol–water partition coefficient (Wildman–Crippen LogP) is 4.95. The third-order valence-corrected chi connectivity index (χ3v) is 9.61. The van der Waals surface area contributed by atoms with Crippen molar-refractivity contribution in [1.82, 2.24) is 14.5 Å². The second-order valence-corrected chi connectivity index (χ2v) is 12.3. The van der Waals surface area contributed by atoms with E-state index in [0.717, 1.165) is 25.0 Å². The first-order chi connectivity index (χ1) is 16.4. The van der Waals surface area contributed by atoms with Crippen LogP contribution < -0.4 is 5.32 Å². The van der Waals surface area contributed by atoms with Crippen molar-refractivity contribution in [3.8, 4) is 0 Å². The Morgan fingerprint density at radius 3 is 2.26 bits per heavy atom. The third kappa shape index (κ3) is 7.03. The average Bonchev–Trinajstić information content (AvgIpc) is 2.81. The molecule has 1 aliphatic heterocycles. The number of alkyl halides is 2. The molecule has 12 heteroatoms. The summed E-state index contributed by atoms with van der Waals surface area (Å²) in [6, 6.07) is 2.09. The van der Waals surface area contributed by atoms with Crippen LogP contribution in [0.5, 0.6) is 0 Å². The van der Waals surface area contributed by atoms with Crippen LogP contribution in [0.4, 0.5) is 13.2 Å². The van der Waals surface area contributed by atoms with E-state index in [-0.39, 0.29) is 66.7 Å². The summed E-state index contributed by atoms with van der Waals surface area (Å²) >= 11 is 11.8. The van der Waals surface area contributed by atoms with Crippen molar-refractivity contribution in [3.63, 3.8) is 0 Å². The van der Waals surface area contributed by atoms with Crippen LogP contribution in [-0.4, -0.2) is 73.5 Å². The molecule has 1 heterocycles. The number of carbonyl (C=O) groups is 1. The maximum atomic E-state index is 14.0. The summed E-state index contributed by atoms with van der Waals surface area (Å²) in [6.45, 7) is 3.37. The molecule has 1 aromatic carbocycles. The zero-order valence-corrected chi connectivity index (χ0v) is 22.1. The van der Waals surface area contributed by atoms with Crippen LogP contribution in [0.3, 0.4) is 0 Å². The van der Waals surface area contributed by atoms with Gasteiger partial charge in [-0.3, -0.25) is 9.69 Å². The van der Waals surface area contributed by atoms with E-state index in [1.165, 1.54) is 4.31 Å². The third-order valence-electron chi connectivity index (χ3n) is 7.05. The van der Waals surface area contributed by atoms with E-state index in [0.29, 0.717) is 19.5 Å². The largest absolute Gasteiger partial charge is 0.350 e. The SMILES string of the molecule is CCCCCS(=O)(=O)N1CCN(C2(CNC(=O)c3cc(F)c(Cl)cc3Cl)CCC(F)(F)CC2)CC1. The Balaban J connectivity index is 1.70. The molecule has 1 aliphatic carbocycles. The van der Waals surface area contributed by atoms with E-state index in [9.17, 15) is 26.4 Å². The molecular weight excluding hydrogens is 526 g/mol. The van der Waals surface area contributed by atoms with E-state index in [1.807, 2.05) is 11.8 Å². The highest BCUT2D eigenvalue weighted by atomic mass is 35.5. The molecule has 6 nitrogen and oxygen atoms in total. The van der Waals surface area contributed by atoms with Gasteiger partial charge in [-0.1, -0.05) is 43.0 Å². The molecule has 1 aromatic rings. The van der Waals surface area contributed by atoms with Crippen molar-refractivity contribution >= 4 is 39.1 Å². The summed E-state index contributed by atoms with van der Waals surface area (Å²) < 4.78 is 68.7. The maximum absolute atomic E-state index is 14.0. The van der Waals surface area contributed by atoms with Gasteiger partial charge in [0.05, 0.1) is 21.4 Å². The summed E-state index contributed by atoms with van der Waals surface area (Å²) in [4.78, 5) is 14.8. The van der Waals surface area contributed by atoms with Gasteiger partial charge in [0.25, 0.3) is 5.91 Å². The molecule has 1 saturated carbocycles. The van der Waals surface area contributed by atoms with Gasteiger partial charge in [-0.15, -0.1) is 0 Å². The van der Waals surface area contributed by atoms with Crippen molar-refractivity contribution in [2.24, 2.45) is 0 Å². The molecule has 0 unspecified atom stereocenters. The number of benzene rings is 1. The van der Waals surface area contributed by atoms with Gasteiger partial charge in [0.2, 0.25) is 15.9 Å². The van der Waals surface area contributed by atoms with Gasteiger partial charge in [-0.05, 0) is 31.4 Å². The van der Waals surface area contributed by atoms with E-state index in [4.69, 9.17) is 23.2 Å². The van der Waals surface area contributed by atoms with Crippen LogP contribution in [0.25, 0.3) is 0 Å². The van der Waals surface area contributed by atoms with Gasteiger partial charge >= 0.3 is 0 Å². The first-order valence-corrected chi connectivity index (χ1v) is 14.3. The highest BCUT2D eigenvalue weighted by Gasteiger charge is 2.47. The normalized spacial score (nSPS) is 21.1. The highest BCUT2D eigenvalue weighted by molar-refractivity contribution is 7.89. The molecule has 198 valence electrons. The maximum Gasteiger partial charge on any atom is 0.252 e. The summed E-state index contributed by atoms with van der Waals surface area (Å²) in [5.74, 6) is -4.09. The molecule has 0 bridgehead atoms. The number of nitrogens with zero attached hydrogens (tertiary/aromatic N) is 2. The fraction of sp³-hybridized carbons (Fsp3) is 0.696. The van der Waals surface area contributed by atoms with Crippen molar-refractivity contribution in [1.29, 1.82) is 0 Å². The monoisotopic (exact) mass is 557 g/mol. The molecule has 2 fully saturated rings. The van der Waals surface area contributed by atoms with E-state index in [1.54, 1.807) is 0 Å². The number of nitrogens with one attached hydrogen (secondary N) is 1. The van der Waals surface area contributed by atoms with Crippen LogP contribution >= 0.6 is 23.2 Å². The smallest absolute Gasteiger partial charge is 0.252 e. The number of carbonyl (C=O) groups excluding carboxylic acids is 1. The summed E-state index contributed by atoms with van der Waals surface area (Å²) in [5.41, 5.74) is -0.847. The lowest BCUT2D eigenvalue weighted by Crippen LogP contribution is -2.63. The minimum atomic E-state index is -3.37. The Morgan fingerprint density at radius 2 is 1.66 bits per heavy atom. The van der Waals surface area contributed by atoms with Crippen LogP contribution in [0.15, 0.2) is 12.1 Å². The van der Waals surface area contributed by atoms with Crippen molar-refractivity contribution in [2.75, 3.05) is 38.5 Å². The second-order valence-electron chi connectivity index (χ2n) is 9.42. The summed E-state index contributed by atoms with van der Waals surface area (Å²) in [6.07, 6.45) is 2.02. The fourth-order valence-corrected chi connectivity index (χ4v) is 6.84. The number of unbranched alkanes of at least 4 members (excludes halogenated alkanes) is 2. The molecule has 0 atom stereocenters. The molecule has 0 radical (unpaired) electrons. The molecule has 35 heavy (non-hydrogen) atoms. The number of amides is 1. The summed E-state index contributed by atoms with van der Waals surface area (Å²) in [5, 5.41) is 2.52. The van der Waals surface area contributed by atoms with E-state index in [2.05, 4.69) is 5.32 Å². The zero-order chi connectivity index (χ0) is 25.9. The topological polar surface area (TPSA) is 69.7 Å². The second kappa shape index (κ2) is 11.5. The Kier molecular flexibility index (Phi) is 9.40. The van der Waals surface area contributed by atoms with Gasteiger partial charge in [-0.2, -0.15) is 4.31 Å². The molecule has 1 N–H and O–H groups in total. The number of piperazine rings is 1. The molecule has 2 aliphatic rings. The predicted molar refractivity (Wildman–Crippen MR) is 131 cm³/mol. The highest BCUT2D eigenvalue weighted by Crippen LogP contribution is 2.42. The van der Waals surface area contributed by atoms with E-state index < -0.39 is 33.2 Å². The molecule has 1 amide bonds. The number of halogens is 5. The lowest BCUT2D eigenvalue weighted by molar-refractivity contribution is -0.0856. The minimum absolute atomic E-state index is 0.0139. The van der Waals surface area contributed by atoms with E-state index >= 15 is 0 Å². The Hall–Kier alpha value is -1.07. The van der Waals surface area contributed by atoms with Crippen molar-refractivity contribution in [3.05, 3.63) is 33.6 Å². The lowest BCUT2D eigenvalue weighted by Gasteiger charge is -2.50. The number of rotatable bonds is 9. The zero-order valence-electron chi connectivity index (χ0n) is 19.8. The average molecular weight is 558 g/mol. The van der Waals surface area contributed by atoms with Crippen molar-refractivity contribution in [2.45, 2.75) is 63.3 Å². The van der Waals surface area contributed by atoms with Gasteiger partial charge in [-0.25, -0.2) is 21.6 Å². The Bertz CT molecular complexity index is 1010. The first-order valence-electron chi connectivity index (χ1n) is 11.9. The quantitative estimate of drug-likeness (QED) is 0.344. The van der Waals surface area contributed by atoms with Crippen LogP contribution in [0, 0.1) is 5.82 Å². The molecule has 0 spiro atoms. The van der Waals surface area contributed by atoms with Crippen LogP contribution in [0.1, 0.15) is 62.2 Å². The van der Waals surface area contributed by atoms with Gasteiger partial charge in [0.1, 0.15) is 5.82 Å². The van der Waals surface area contributed by atoms with Gasteiger partial charge < -0.3 is 5.32 Å². The number of hydrogen-bond acceptors (Lipinski definition) is 4. The fourth-order valence-electron chi connectivity index (χ4n) is 4.83. The van der Waals surface area contributed by atoms with Crippen LogP contribution in [0.2, 0.25) is 10.0 Å². The standard InChI is InChI=1S/C23H32Cl2F3N3O3S/c1-2-3-4-13-35(33,34)31-11-9-30(10-12-31)22(5-7-23(27,28)8-6-22)16-29-21(32)17-14-20(26)19(25)15-18(17)24/h14-15H,2-13,16H2,1H3,(H,29,32). The Morgan fingerprint density at radius 1 is 1.03 bits per heavy atom. The first kappa shape index (κ1) is 28.5. The Labute approximate surface area is 215 Å². The molecule has 0 aromatic heterocycles. The number of hydrogen-bond donors (Lipinski definition) is 1. The minimum Gasteiger partial charge on any atom is -0.350 e. The van der Waals surface area contributed by atoms with Gasteiger partial charge in [0, 0.05) is 51.1 Å². The lowest BCUT2D eigenvalue weighted by atomic mass is 9.78.